The van der Waals surface area contributed by atoms with E-state index < -0.39 is 0 Å². The highest BCUT2D eigenvalue weighted by atomic mass is 16.1. The zero-order chi connectivity index (χ0) is 9.10. The van der Waals surface area contributed by atoms with Crippen molar-refractivity contribution in [3.8, 4) is 11.1 Å². The van der Waals surface area contributed by atoms with E-state index in [0.29, 0.717) is 0 Å². The minimum atomic E-state index is 0.807. The summed E-state index contributed by atoms with van der Waals surface area (Å²) in [6.07, 6.45) is 1.67. The molecule has 1 radical (unpaired) electrons. The second-order valence-electron chi connectivity index (χ2n) is 2.75. The Kier molecular flexibility index (Phi) is 1.96. The van der Waals surface area contributed by atoms with Crippen LogP contribution in [0.15, 0.2) is 42.5 Å². The Hall–Kier alpha value is -1.83. The van der Waals surface area contributed by atoms with Gasteiger partial charge in [0.2, 0.25) is 0 Å². The van der Waals surface area contributed by atoms with E-state index in [9.17, 15) is 4.79 Å². The van der Waals surface area contributed by atoms with Gasteiger partial charge in [0.1, 0.15) is 0 Å². The normalized spacial score (nSPS) is 9.85. The molecule has 0 bridgehead atoms. The third-order valence-corrected chi connectivity index (χ3v) is 1.98. The van der Waals surface area contributed by atoms with Crippen LogP contribution in [0.5, 0.6) is 0 Å². The second kappa shape index (κ2) is 3.27. The molecule has 1 amide bonds. The van der Waals surface area contributed by atoms with E-state index in [1.54, 1.807) is 6.41 Å². The van der Waals surface area contributed by atoms with Gasteiger partial charge in [-0.1, -0.05) is 36.4 Å². The quantitative estimate of drug-likeness (QED) is 0.688. The van der Waals surface area contributed by atoms with Crippen LogP contribution in [-0.2, 0) is 4.79 Å². The molecule has 13 heavy (non-hydrogen) atoms. The Morgan fingerprint density at radius 3 is 2.69 bits per heavy atom. The van der Waals surface area contributed by atoms with Crippen LogP contribution < -0.4 is 5.32 Å². The van der Waals surface area contributed by atoms with E-state index in [4.69, 9.17) is 0 Å². The van der Waals surface area contributed by atoms with Gasteiger partial charge in [0.15, 0.2) is 0 Å². The van der Waals surface area contributed by atoms with E-state index in [1.807, 2.05) is 42.5 Å². The highest BCUT2D eigenvalue weighted by Crippen LogP contribution is 2.30. The lowest BCUT2D eigenvalue weighted by Gasteiger charge is -1.96. The van der Waals surface area contributed by atoms with E-state index in [2.05, 4.69) is 5.32 Å². The van der Waals surface area contributed by atoms with Crippen LogP contribution >= 0.6 is 0 Å². The first-order valence-corrected chi connectivity index (χ1v) is 4.03. The summed E-state index contributed by atoms with van der Waals surface area (Å²) in [4.78, 5) is 10.2. The predicted molar refractivity (Wildman–Crippen MR) is 52.4 cm³/mol. The largest absolute Gasteiger partial charge is 0.317 e. The summed E-state index contributed by atoms with van der Waals surface area (Å²) in [5, 5.41) is 2.54. The number of anilines is 1. The fourth-order valence-electron chi connectivity index (χ4n) is 1.38. The SMILES string of the molecule is O=[C]Nc1ccc2cccccc1-2. The van der Waals surface area contributed by atoms with Gasteiger partial charge in [0.25, 0.3) is 0 Å². The van der Waals surface area contributed by atoms with Crippen LogP contribution in [0.1, 0.15) is 0 Å². The van der Waals surface area contributed by atoms with Crippen molar-refractivity contribution in [3.05, 3.63) is 42.5 Å². The standard InChI is InChI=1S/C11H8NO/c13-8-12-11-7-6-9-4-2-1-3-5-10(9)11/h1-7H,(H,12,13). The highest BCUT2D eigenvalue weighted by Gasteiger charge is 2.05. The van der Waals surface area contributed by atoms with Crippen molar-refractivity contribution < 1.29 is 4.79 Å². The second-order valence-corrected chi connectivity index (χ2v) is 2.75. The van der Waals surface area contributed by atoms with Crippen LogP contribution in [-0.4, -0.2) is 6.41 Å². The number of rotatable bonds is 2. The van der Waals surface area contributed by atoms with Crippen LogP contribution in [0.2, 0.25) is 0 Å². The van der Waals surface area contributed by atoms with Crippen molar-refractivity contribution in [1.29, 1.82) is 0 Å². The van der Waals surface area contributed by atoms with Crippen LogP contribution in [0, 0.1) is 0 Å². The van der Waals surface area contributed by atoms with Gasteiger partial charge in [0.05, 0.1) is 0 Å². The molecule has 0 heterocycles. The molecule has 1 N–H and O–H groups in total. The zero-order valence-corrected chi connectivity index (χ0v) is 6.95. The lowest BCUT2D eigenvalue weighted by atomic mass is 10.2. The van der Waals surface area contributed by atoms with Gasteiger partial charge in [-0.05, 0) is 11.6 Å². The Balaban J connectivity index is 2.54. The van der Waals surface area contributed by atoms with Crippen molar-refractivity contribution in [2.75, 3.05) is 5.32 Å². The maximum Gasteiger partial charge on any atom is 0.314 e. The van der Waals surface area contributed by atoms with Gasteiger partial charge < -0.3 is 5.32 Å². The van der Waals surface area contributed by atoms with Crippen LogP contribution in [0.25, 0.3) is 11.1 Å². The Labute approximate surface area is 76.5 Å². The minimum Gasteiger partial charge on any atom is -0.317 e. The molecule has 0 fully saturated rings. The third-order valence-electron chi connectivity index (χ3n) is 1.98. The summed E-state index contributed by atoms with van der Waals surface area (Å²) >= 11 is 0. The number of amides is 1. The molecule has 2 heteroatoms. The highest BCUT2D eigenvalue weighted by molar-refractivity contribution is 5.87. The molecule has 2 aliphatic carbocycles. The van der Waals surface area contributed by atoms with Crippen molar-refractivity contribution in [1.82, 2.24) is 0 Å². The molecule has 2 rings (SSSR count). The number of hydrogen-bond donors (Lipinski definition) is 1. The van der Waals surface area contributed by atoms with Crippen molar-refractivity contribution in [3.63, 3.8) is 0 Å². The third kappa shape index (κ3) is 1.38. The molecule has 0 atom stereocenters. The smallest absolute Gasteiger partial charge is 0.314 e. The van der Waals surface area contributed by atoms with E-state index in [1.165, 1.54) is 0 Å². The molecule has 0 saturated carbocycles. The van der Waals surface area contributed by atoms with Crippen molar-refractivity contribution in [2.24, 2.45) is 0 Å². The summed E-state index contributed by atoms with van der Waals surface area (Å²) in [6, 6.07) is 13.7. The first-order chi connectivity index (χ1) is 6.42. The van der Waals surface area contributed by atoms with Gasteiger partial charge in [-0.15, -0.1) is 0 Å². The number of hydrogen-bond acceptors (Lipinski definition) is 1. The molecule has 0 aromatic heterocycles. The van der Waals surface area contributed by atoms with Gasteiger partial charge in [-0.2, -0.15) is 0 Å². The predicted octanol–water partition coefficient (Wildman–Crippen LogP) is 2.27. The number of fused-ring (bicyclic) bond motifs is 1. The van der Waals surface area contributed by atoms with E-state index in [0.717, 1.165) is 16.8 Å². The fraction of sp³-hybridized carbons (Fsp3) is 0. The number of carbonyl (C=O) groups excluding carboxylic acids is 1. The monoisotopic (exact) mass is 170 g/mol. The molecule has 0 spiro atoms. The van der Waals surface area contributed by atoms with E-state index >= 15 is 0 Å². The van der Waals surface area contributed by atoms with Gasteiger partial charge >= 0.3 is 6.41 Å². The zero-order valence-electron chi connectivity index (χ0n) is 6.95. The molecule has 2 nitrogen and oxygen atoms in total. The number of nitrogens with one attached hydrogen (secondary N) is 1. The maximum atomic E-state index is 10.2. The van der Waals surface area contributed by atoms with Crippen molar-refractivity contribution >= 4 is 12.1 Å². The van der Waals surface area contributed by atoms with Gasteiger partial charge in [-0.3, -0.25) is 4.79 Å². The maximum absolute atomic E-state index is 10.2. The van der Waals surface area contributed by atoms with Gasteiger partial charge in [-0.25, -0.2) is 0 Å². The molecule has 0 aromatic rings. The van der Waals surface area contributed by atoms with Crippen LogP contribution in [0.3, 0.4) is 0 Å². The topological polar surface area (TPSA) is 29.1 Å². The summed E-state index contributed by atoms with van der Waals surface area (Å²) < 4.78 is 0. The summed E-state index contributed by atoms with van der Waals surface area (Å²) in [7, 11) is 0. The van der Waals surface area contributed by atoms with Crippen LogP contribution in [0.4, 0.5) is 5.69 Å². The summed E-state index contributed by atoms with van der Waals surface area (Å²) in [5.41, 5.74) is 2.96. The molecule has 0 unspecified atom stereocenters. The summed E-state index contributed by atoms with van der Waals surface area (Å²) in [5.74, 6) is 0. The van der Waals surface area contributed by atoms with E-state index in [-0.39, 0.29) is 0 Å². The lowest BCUT2D eigenvalue weighted by molar-refractivity contribution is 0.561. The Morgan fingerprint density at radius 1 is 1.00 bits per heavy atom. The molecule has 0 saturated heterocycles. The molecular formula is C11H8NO. The molecule has 0 aromatic carbocycles. The lowest BCUT2D eigenvalue weighted by Crippen LogP contribution is -1.91. The van der Waals surface area contributed by atoms with Gasteiger partial charge in [0, 0.05) is 11.3 Å². The average molecular weight is 170 g/mol. The molecule has 0 aliphatic heterocycles. The Morgan fingerprint density at radius 2 is 1.85 bits per heavy atom. The Bertz CT molecular complexity index is 397. The first kappa shape index (κ1) is 7.80. The molecular weight excluding hydrogens is 162 g/mol. The molecule has 63 valence electrons. The average Bonchev–Trinajstić information content (AvgIpc) is 2.38. The molecule has 2 aliphatic rings. The van der Waals surface area contributed by atoms with Crippen molar-refractivity contribution in [2.45, 2.75) is 0 Å². The summed E-state index contributed by atoms with van der Waals surface area (Å²) in [6.45, 7) is 0. The first-order valence-electron chi connectivity index (χ1n) is 4.03. The minimum absolute atomic E-state index is 0.807. The fourth-order valence-corrected chi connectivity index (χ4v) is 1.38.